The second-order valence-corrected chi connectivity index (χ2v) is 6.03. The van der Waals surface area contributed by atoms with Gasteiger partial charge in [0.1, 0.15) is 6.61 Å². The van der Waals surface area contributed by atoms with Gasteiger partial charge in [0.15, 0.2) is 0 Å². The summed E-state index contributed by atoms with van der Waals surface area (Å²) >= 11 is 0. The van der Waals surface area contributed by atoms with Gasteiger partial charge in [-0.1, -0.05) is 25.8 Å². The van der Waals surface area contributed by atoms with Gasteiger partial charge in [-0.25, -0.2) is 4.79 Å². The Morgan fingerprint density at radius 2 is 1.87 bits per heavy atom. The van der Waals surface area contributed by atoms with Gasteiger partial charge in [0.25, 0.3) is 0 Å². The first-order valence-electron chi connectivity index (χ1n) is 8.05. The van der Waals surface area contributed by atoms with E-state index in [2.05, 4.69) is 22.9 Å². The van der Waals surface area contributed by atoms with E-state index in [1.165, 1.54) is 13.5 Å². The van der Waals surface area contributed by atoms with Gasteiger partial charge in [-0.15, -0.1) is 0 Å². The standard InChI is InChI=1S/C17H25N3O3/c1-12-6-3-4-9-15(12)20-17(22)19-14-8-5-7-13(10-14)18-16(21)11-23-2/h5,7-8,10,12,15H,3-4,6,9,11H2,1-2H3,(H,18,21)(H2,19,20,22)/t12-,15-/m1/s1. The summed E-state index contributed by atoms with van der Waals surface area (Å²) in [5.74, 6) is 0.277. The zero-order valence-corrected chi connectivity index (χ0v) is 13.7. The van der Waals surface area contributed by atoms with Crippen LogP contribution < -0.4 is 16.0 Å². The lowest BCUT2D eigenvalue weighted by atomic mass is 9.86. The molecule has 0 radical (unpaired) electrons. The maximum Gasteiger partial charge on any atom is 0.319 e. The summed E-state index contributed by atoms with van der Waals surface area (Å²) in [4.78, 5) is 23.6. The number of urea groups is 1. The zero-order valence-electron chi connectivity index (χ0n) is 13.7. The maximum absolute atomic E-state index is 12.1. The molecule has 1 aromatic carbocycles. The molecule has 1 aliphatic carbocycles. The highest BCUT2D eigenvalue weighted by Gasteiger charge is 2.22. The van der Waals surface area contributed by atoms with Crippen molar-refractivity contribution in [2.45, 2.75) is 38.6 Å². The highest BCUT2D eigenvalue weighted by Crippen LogP contribution is 2.24. The smallest absolute Gasteiger partial charge is 0.319 e. The molecule has 3 N–H and O–H groups in total. The number of carbonyl (C=O) groups is 2. The molecule has 1 fully saturated rings. The van der Waals surface area contributed by atoms with Crippen molar-refractivity contribution in [1.82, 2.24) is 5.32 Å². The summed E-state index contributed by atoms with van der Waals surface area (Å²) < 4.78 is 4.77. The molecule has 1 saturated carbocycles. The molecule has 2 atom stereocenters. The van der Waals surface area contributed by atoms with Crippen molar-refractivity contribution in [2.24, 2.45) is 5.92 Å². The van der Waals surface area contributed by atoms with E-state index >= 15 is 0 Å². The predicted molar refractivity (Wildman–Crippen MR) is 90.5 cm³/mol. The number of hydrogen-bond donors (Lipinski definition) is 3. The molecule has 0 saturated heterocycles. The molecule has 3 amide bonds. The molecule has 2 rings (SSSR count). The molecule has 0 aliphatic heterocycles. The Hall–Kier alpha value is -2.08. The lowest BCUT2D eigenvalue weighted by molar-refractivity contribution is -0.119. The van der Waals surface area contributed by atoms with Gasteiger partial charge in [-0.2, -0.15) is 0 Å². The predicted octanol–water partition coefficient (Wildman–Crippen LogP) is 2.97. The molecule has 6 nitrogen and oxygen atoms in total. The summed E-state index contributed by atoms with van der Waals surface area (Å²) in [5.41, 5.74) is 1.26. The number of methoxy groups -OCH3 is 1. The van der Waals surface area contributed by atoms with Gasteiger partial charge >= 0.3 is 6.03 Å². The second kappa shape index (κ2) is 8.53. The molecular formula is C17H25N3O3. The highest BCUT2D eigenvalue weighted by atomic mass is 16.5. The minimum Gasteiger partial charge on any atom is -0.375 e. The van der Waals surface area contributed by atoms with Crippen LogP contribution in [0.5, 0.6) is 0 Å². The Morgan fingerprint density at radius 3 is 2.57 bits per heavy atom. The Kier molecular flexibility index (Phi) is 6.40. The van der Waals surface area contributed by atoms with Gasteiger partial charge in [0.05, 0.1) is 0 Å². The van der Waals surface area contributed by atoms with E-state index in [-0.39, 0.29) is 24.6 Å². The normalized spacial score (nSPS) is 20.6. The van der Waals surface area contributed by atoms with Crippen LogP contribution in [0, 0.1) is 5.92 Å². The molecule has 6 heteroatoms. The number of rotatable bonds is 5. The van der Waals surface area contributed by atoms with E-state index in [4.69, 9.17) is 4.74 Å². The fourth-order valence-corrected chi connectivity index (χ4v) is 2.87. The van der Waals surface area contributed by atoms with Crippen molar-refractivity contribution in [3.8, 4) is 0 Å². The molecule has 0 bridgehead atoms. The third-order valence-electron chi connectivity index (χ3n) is 4.11. The number of ether oxygens (including phenoxy) is 1. The minimum atomic E-state index is -0.231. The van der Waals surface area contributed by atoms with Gasteiger partial charge < -0.3 is 20.7 Å². The molecular weight excluding hydrogens is 294 g/mol. The van der Waals surface area contributed by atoms with Crippen molar-refractivity contribution in [2.75, 3.05) is 24.4 Å². The fraction of sp³-hybridized carbons (Fsp3) is 0.529. The van der Waals surface area contributed by atoms with Crippen molar-refractivity contribution >= 4 is 23.3 Å². The van der Waals surface area contributed by atoms with Crippen LogP contribution in [0.25, 0.3) is 0 Å². The molecule has 126 valence electrons. The summed E-state index contributed by atoms with van der Waals surface area (Å²) in [7, 11) is 1.47. The van der Waals surface area contributed by atoms with Crippen LogP contribution in [0.15, 0.2) is 24.3 Å². The van der Waals surface area contributed by atoms with Crippen LogP contribution in [0.2, 0.25) is 0 Å². The van der Waals surface area contributed by atoms with Crippen LogP contribution >= 0.6 is 0 Å². The van der Waals surface area contributed by atoms with E-state index in [9.17, 15) is 9.59 Å². The first-order chi connectivity index (χ1) is 11.1. The van der Waals surface area contributed by atoms with Crippen LogP contribution in [-0.4, -0.2) is 31.7 Å². The number of benzene rings is 1. The van der Waals surface area contributed by atoms with Crippen molar-refractivity contribution in [3.63, 3.8) is 0 Å². The quantitative estimate of drug-likeness (QED) is 0.780. The van der Waals surface area contributed by atoms with Crippen molar-refractivity contribution in [1.29, 1.82) is 0 Å². The monoisotopic (exact) mass is 319 g/mol. The Morgan fingerprint density at radius 1 is 1.17 bits per heavy atom. The molecule has 0 heterocycles. The van der Waals surface area contributed by atoms with E-state index in [0.717, 1.165) is 19.3 Å². The van der Waals surface area contributed by atoms with E-state index in [1.807, 2.05) is 0 Å². The summed E-state index contributed by atoms with van der Waals surface area (Å²) in [6, 6.07) is 7.08. The molecule has 1 aliphatic rings. The van der Waals surface area contributed by atoms with E-state index in [0.29, 0.717) is 17.3 Å². The third-order valence-corrected chi connectivity index (χ3v) is 4.11. The molecule has 0 unspecified atom stereocenters. The van der Waals surface area contributed by atoms with Crippen LogP contribution in [0.1, 0.15) is 32.6 Å². The number of carbonyl (C=O) groups excluding carboxylic acids is 2. The van der Waals surface area contributed by atoms with Crippen molar-refractivity contribution in [3.05, 3.63) is 24.3 Å². The summed E-state index contributed by atoms with van der Waals surface area (Å²) in [5, 5.41) is 8.57. The Labute approximate surface area is 137 Å². The lowest BCUT2D eigenvalue weighted by Gasteiger charge is -2.29. The zero-order chi connectivity index (χ0) is 16.7. The number of hydrogen-bond acceptors (Lipinski definition) is 3. The van der Waals surface area contributed by atoms with Gasteiger partial charge in [-0.05, 0) is 37.0 Å². The largest absolute Gasteiger partial charge is 0.375 e. The Bertz CT molecular complexity index is 548. The average molecular weight is 319 g/mol. The van der Waals surface area contributed by atoms with Gasteiger partial charge in [0.2, 0.25) is 5.91 Å². The molecule has 23 heavy (non-hydrogen) atoms. The fourth-order valence-electron chi connectivity index (χ4n) is 2.87. The number of amides is 3. The molecule has 0 spiro atoms. The molecule has 0 aromatic heterocycles. The second-order valence-electron chi connectivity index (χ2n) is 6.03. The maximum atomic E-state index is 12.1. The number of anilines is 2. The first-order valence-corrected chi connectivity index (χ1v) is 8.05. The first kappa shape index (κ1) is 17.3. The van der Waals surface area contributed by atoms with E-state index in [1.54, 1.807) is 24.3 Å². The average Bonchev–Trinajstić information content (AvgIpc) is 2.50. The topological polar surface area (TPSA) is 79.5 Å². The molecule has 1 aromatic rings. The minimum absolute atomic E-state index is 0.00227. The lowest BCUT2D eigenvalue weighted by Crippen LogP contribution is -2.43. The summed E-state index contributed by atoms with van der Waals surface area (Å²) in [6.45, 7) is 2.17. The third kappa shape index (κ3) is 5.56. The SMILES string of the molecule is COCC(=O)Nc1cccc(NC(=O)N[C@@H]2CCCC[C@H]2C)c1. The summed E-state index contributed by atoms with van der Waals surface area (Å²) in [6.07, 6.45) is 4.59. The van der Waals surface area contributed by atoms with Gasteiger partial charge in [-0.3, -0.25) is 4.79 Å². The van der Waals surface area contributed by atoms with Gasteiger partial charge in [0, 0.05) is 24.5 Å². The van der Waals surface area contributed by atoms with Crippen molar-refractivity contribution < 1.29 is 14.3 Å². The van der Waals surface area contributed by atoms with Crippen LogP contribution in [0.3, 0.4) is 0 Å². The van der Waals surface area contributed by atoms with Crippen LogP contribution in [-0.2, 0) is 9.53 Å². The van der Waals surface area contributed by atoms with E-state index < -0.39 is 0 Å². The van der Waals surface area contributed by atoms with Crippen LogP contribution in [0.4, 0.5) is 16.2 Å². The Balaban J connectivity index is 1.89. The highest BCUT2D eigenvalue weighted by molar-refractivity contribution is 5.94. The number of nitrogens with one attached hydrogen (secondary N) is 3.